The lowest BCUT2D eigenvalue weighted by Gasteiger charge is -2.36. The molecule has 0 amide bonds. The van der Waals surface area contributed by atoms with Crippen LogP contribution in [0.1, 0.15) is 17.5 Å². The van der Waals surface area contributed by atoms with E-state index in [9.17, 15) is 5.11 Å². The smallest absolute Gasteiger partial charge is 0.145 e. The second-order valence-corrected chi connectivity index (χ2v) is 5.78. The molecule has 0 spiro atoms. The van der Waals surface area contributed by atoms with E-state index in [1.807, 2.05) is 48.5 Å². The van der Waals surface area contributed by atoms with Crippen LogP contribution < -0.4 is 5.32 Å². The van der Waals surface area contributed by atoms with E-state index < -0.39 is 5.60 Å². The molecule has 0 radical (unpaired) electrons. The van der Waals surface area contributed by atoms with Crippen LogP contribution in [0, 0.1) is 11.8 Å². The van der Waals surface area contributed by atoms with Crippen LogP contribution in [0.25, 0.3) is 0 Å². The quantitative estimate of drug-likeness (QED) is 0.855. The van der Waals surface area contributed by atoms with Gasteiger partial charge in [0, 0.05) is 18.5 Å². The minimum absolute atomic E-state index is 0.201. The van der Waals surface area contributed by atoms with Crippen molar-refractivity contribution in [3.63, 3.8) is 0 Å². The van der Waals surface area contributed by atoms with Gasteiger partial charge in [0.25, 0.3) is 0 Å². The van der Waals surface area contributed by atoms with Crippen molar-refractivity contribution in [3.05, 3.63) is 71.8 Å². The Morgan fingerprint density at radius 2 is 1.78 bits per heavy atom. The summed E-state index contributed by atoms with van der Waals surface area (Å²) in [6.45, 7) is 1.68. The molecule has 1 saturated heterocycles. The largest absolute Gasteiger partial charge is 0.380 e. The highest BCUT2D eigenvalue weighted by Crippen LogP contribution is 2.21. The molecule has 118 valence electrons. The van der Waals surface area contributed by atoms with Crippen molar-refractivity contribution in [2.24, 2.45) is 0 Å². The molecule has 1 aliphatic rings. The molecule has 0 aliphatic carbocycles. The first-order chi connectivity index (χ1) is 11.3. The topological polar surface area (TPSA) is 41.5 Å². The van der Waals surface area contributed by atoms with Crippen LogP contribution in [0.5, 0.6) is 0 Å². The van der Waals surface area contributed by atoms with E-state index in [1.54, 1.807) is 0 Å². The normalized spacial score (nSPS) is 23.8. The lowest BCUT2D eigenvalue weighted by atomic mass is 9.89. The molecule has 3 nitrogen and oxygen atoms in total. The monoisotopic (exact) mass is 307 g/mol. The van der Waals surface area contributed by atoms with Crippen molar-refractivity contribution >= 4 is 0 Å². The summed E-state index contributed by atoms with van der Waals surface area (Å²) in [5.74, 6) is 6.15. The van der Waals surface area contributed by atoms with Crippen molar-refractivity contribution in [1.29, 1.82) is 0 Å². The van der Waals surface area contributed by atoms with Gasteiger partial charge in [-0.3, -0.25) is 0 Å². The number of hydrogen-bond donors (Lipinski definition) is 2. The first-order valence-electron chi connectivity index (χ1n) is 7.92. The Morgan fingerprint density at radius 3 is 2.52 bits per heavy atom. The molecular formula is C20H21NO2. The first kappa shape index (κ1) is 15.8. The van der Waals surface area contributed by atoms with Gasteiger partial charge in [0.1, 0.15) is 5.60 Å². The molecule has 1 aliphatic heterocycles. The van der Waals surface area contributed by atoms with Gasteiger partial charge in [-0.25, -0.2) is 0 Å². The van der Waals surface area contributed by atoms with E-state index in [0.29, 0.717) is 26.2 Å². The summed E-state index contributed by atoms with van der Waals surface area (Å²) in [6.07, 6.45) is 0.513. The third-order valence-electron chi connectivity index (χ3n) is 4.08. The first-order valence-corrected chi connectivity index (χ1v) is 7.92. The number of ether oxygens (including phenoxy) is 1. The average Bonchev–Trinajstić information content (AvgIpc) is 2.61. The average molecular weight is 307 g/mol. The molecule has 0 saturated carbocycles. The molecular weight excluding hydrogens is 286 g/mol. The van der Waals surface area contributed by atoms with Crippen LogP contribution >= 0.6 is 0 Å². The Labute approximate surface area is 137 Å². The molecule has 3 heteroatoms. The highest BCUT2D eigenvalue weighted by Gasteiger charge is 2.38. The van der Waals surface area contributed by atoms with E-state index >= 15 is 0 Å². The van der Waals surface area contributed by atoms with Gasteiger partial charge in [-0.1, -0.05) is 60.4 Å². The van der Waals surface area contributed by atoms with Crippen LogP contribution in [-0.4, -0.2) is 30.0 Å². The Kier molecular flexibility index (Phi) is 5.09. The summed E-state index contributed by atoms with van der Waals surface area (Å²) in [6, 6.07) is 19.7. The highest BCUT2D eigenvalue weighted by molar-refractivity contribution is 5.37. The molecule has 0 aromatic heterocycles. The zero-order valence-corrected chi connectivity index (χ0v) is 13.0. The zero-order chi connectivity index (χ0) is 16.0. The summed E-state index contributed by atoms with van der Waals surface area (Å²) in [5.41, 5.74) is 1.02. The van der Waals surface area contributed by atoms with E-state index in [2.05, 4.69) is 29.3 Å². The fourth-order valence-corrected chi connectivity index (χ4v) is 2.66. The maximum Gasteiger partial charge on any atom is 0.145 e. The summed E-state index contributed by atoms with van der Waals surface area (Å²) in [4.78, 5) is 0. The van der Waals surface area contributed by atoms with Gasteiger partial charge in [-0.15, -0.1) is 0 Å². The molecule has 23 heavy (non-hydrogen) atoms. The summed E-state index contributed by atoms with van der Waals surface area (Å²) in [5, 5.41) is 14.3. The minimum Gasteiger partial charge on any atom is -0.380 e. The molecule has 1 heterocycles. The second kappa shape index (κ2) is 7.43. The number of benzene rings is 2. The third-order valence-corrected chi connectivity index (χ3v) is 4.08. The van der Waals surface area contributed by atoms with Crippen LogP contribution in [0.15, 0.2) is 60.7 Å². The standard InChI is InChI=1S/C20H21NO2/c22-20(12-11-17-7-3-1-4-8-17)13-14-23-16-19(20)21-15-18-9-5-2-6-10-18/h1-10,19,21-22H,13-16H2/t19-,20-/m0/s1. The molecule has 2 aromatic carbocycles. The molecule has 2 atom stereocenters. The van der Waals surface area contributed by atoms with Crippen LogP contribution in [-0.2, 0) is 11.3 Å². The molecule has 0 bridgehead atoms. The Morgan fingerprint density at radius 1 is 1.09 bits per heavy atom. The Bertz CT molecular complexity index is 675. The van der Waals surface area contributed by atoms with Gasteiger partial charge >= 0.3 is 0 Å². The third kappa shape index (κ3) is 4.20. The number of aliphatic hydroxyl groups is 1. The highest BCUT2D eigenvalue weighted by atomic mass is 16.5. The molecule has 2 N–H and O–H groups in total. The summed E-state index contributed by atoms with van der Waals surface area (Å²) >= 11 is 0. The number of nitrogens with one attached hydrogen (secondary N) is 1. The van der Waals surface area contributed by atoms with Gasteiger partial charge in [0.15, 0.2) is 0 Å². The van der Waals surface area contributed by atoms with Crippen molar-refractivity contribution in [1.82, 2.24) is 5.32 Å². The van der Waals surface area contributed by atoms with Gasteiger partial charge in [-0.05, 0) is 17.7 Å². The van der Waals surface area contributed by atoms with Crippen LogP contribution in [0.2, 0.25) is 0 Å². The van der Waals surface area contributed by atoms with Gasteiger partial charge in [0.2, 0.25) is 0 Å². The lowest BCUT2D eigenvalue weighted by Crippen LogP contribution is -2.55. The predicted octanol–water partition coefficient (Wildman–Crippen LogP) is 2.35. The van der Waals surface area contributed by atoms with E-state index in [-0.39, 0.29) is 6.04 Å². The molecule has 0 unspecified atom stereocenters. The number of hydrogen-bond acceptors (Lipinski definition) is 3. The maximum absolute atomic E-state index is 11.0. The fourth-order valence-electron chi connectivity index (χ4n) is 2.66. The molecule has 3 rings (SSSR count). The van der Waals surface area contributed by atoms with Gasteiger partial charge in [0.05, 0.1) is 19.3 Å². The Balaban J connectivity index is 1.71. The van der Waals surface area contributed by atoms with Crippen LogP contribution in [0.3, 0.4) is 0 Å². The van der Waals surface area contributed by atoms with Crippen molar-refractivity contribution in [2.75, 3.05) is 13.2 Å². The maximum atomic E-state index is 11.0. The van der Waals surface area contributed by atoms with Crippen molar-refractivity contribution in [2.45, 2.75) is 24.6 Å². The summed E-state index contributed by atoms with van der Waals surface area (Å²) < 4.78 is 5.53. The van der Waals surface area contributed by atoms with Crippen LogP contribution in [0.4, 0.5) is 0 Å². The predicted molar refractivity (Wildman–Crippen MR) is 90.8 cm³/mol. The fraction of sp³-hybridized carbons (Fsp3) is 0.300. The van der Waals surface area contributed by atoms with Crippen molar-refractivity contribution in [3.8, 4) is 11.8 Å². The molecule has 2 aromatic rings. The van der Waals surface area contributed by atoms with E-state index in [0.717, 1.165) is 5.56 Å². The van der Waals surface area contributed by atoms with Crippen molar-refractivity contribution < 1.29 is 9.84 Å². The zero-order valence-electron chi connectivity index (χ0n) is 13.0. The van der Waals surface area contributed by atoms with Gasteiger partial charge < -0.3 is 15.2 Å². The van der Waals surface area contributed by atoms with Gasteiger partial charge in [-0.2, -0.15) is 0 Å². The van der Waals surface area contributed by atoms with E-state index in [1.165, 1.54) is 5.56 Å². The SMILES string of the molecule is O[C@@]1(C#Cc2ccccc2)CCOC[C@@H]1NCc1ccccc1. The second-order valence-electron chi connectivity index (χ2n) is 5.78. The lowest BCUT2D eigenvalue weighted by molar-refractivity contribution is -0.0558. The minimum atomic E-state index is -1.07. The Hall–Kier alpha value is -2.12. The molecule has 1 fully saturated rings. The number of rotatable bonds is 3. The summed E-state index contributed by atoms with van der Waals surface area (Å²) in [7, 11) is 0. The van der Waals surface area contributed by atoms with E-state index in [4.69, 9.17) is 4.74 Å².